The minimum atomic E-state index is -1.09. The van der Waals surface area contributed by atoms with Gasteiger partial charge in [-0.05, 0) is 53.0 Å². The standard InChI is InChI=1S/C11H7Cl2FN2O.C11H5Cl2FN2O/c2*12-10-8(5-15-11(13)16-10)9(17)6-2-1-3-7(14)4-6/h1-5,9,17H;1-5H. The van der Waals surface area contributed by atoms with Crippen LogP contribution in [0.2, 0.25) is 20.9 Å². The first-order valence-corrected chi connectivity index (χ1v) is 10.8. The Balaban J connectivity index is 0.000000191. The third kappa shape index (κ3) is 6.65. The number of aliphatic hydroxyl groups is 1. The monoisotopic (exact) mass is 542 g/mol. The number of benzene rings is 2. The molecule has 12 heteroatoms. The van der Waals surface area contributed by atoms with Crippen molar-refractivity contribution in [3.8, 4) is 0 Å². The second kappa shape index (κ2) is 11.6. The predicted octanol–water partition coefficient (Wildman–Crippen LogP) is 6.16. The average molecular weight is 544 g/mol. The number of carbonyl (C=O) groups excluding carboxylic acids is 1. The Morgan fingerprint density at radius 2 is 1.41 bits per heavy atom. The molecule has 2 heterocycles. The van der Waals surface area contributed by atoms with Gasteiger partial charge in [0.15, 0.2) is 5.78 Å². The number of halogens is 6. The van der Waals surface area contributed by atoms with E-state index in [2.05, 4.69) is 19.9 Å². The quantitative estimate of drug-likeness (QED) is 0.188. The molecule has 0 spiro atoms. The highest BCUT2D eigenvalue weighted by atomic mass is 35.5. The lowest BCUT2D eigenvalue weighted by Gasteiger charge is -2.12. The molecule has 1 N–H and O–H groups in total. The van der Waals surface area contributed by atoms with Crippen LogP contribution in [-0.4, -0.2) is 30.8 Å². The Morgan fingerprint density at radius 3 is 2.00 bits per heavy atom. The van der Waals surface area contributed by atoms with Crippen molar-refractivity contribution in [2.45, 2.75) is 6.10 Å². The number of aliphatic hydroxyl groups excluding tert-OH is 1. The van der Waals surface area contributed by atoms with Crippen LogP contribution < -0.4 is 0 Å². The molecule has 0 radical (unpaired) electrons. The maximum atomic E-state index is 13.0. The molecule has 0 bridgehead atoms. The van der Waals surface area contributed by atoms with Crippen molar-refractivity contribution in [1.82, 2.24) is 19.9 Å². The molecule has 6 nitrogen and oxygen atoms in total. The van der Waals surface area contributed by atoms with Crippen LogP contribution in [0.25, 0.3) is 0 Å². The largest absolute Gasteiger partial charge is 0.383 e. The van der Waals surface area contributed by atoms with Gasteiger partial charge in [-0.2, -0.15) is 0 Å². The molecule has 0 aliphatic carbocycles. The van der Waals surface area contributed by atoms with E-state index in [9.17, 15) is 18.7 Å². The third-order valence-corrected chi connectivity index (χ3v) is 5.20. The van der Waals surface area contributed by atoms with Crippen molar-refractivity contribution in [2.75, 3.05) is 0 Å². The molecule has 1 unspecified atom stereocenters. The van der Waals surface area contributed by atoms with Crippen LogP contribution in [-0.2, 0) is 0 Å². The summed E-state index contributed by atoms with van der Waals surface area (Å²) in [4.78, 5) is 26.7. The van der Waals surface area contributed by atoms with Crippen molar-refractivity contribution in [1.29, 1.82) is 0 Å². The zero-order chi connectivity index (χ0) is 24.8. The molecule has 4 aromatic rings. The van der Waals surface area contributed by atoms with Crippen LogP contribution in [0.5, 0.6) is 0 Å². The summed E-state index contributed by atoms with van der Waals surface area (Å²) >= 11 is 22.6. The van der Waals surface area contributed by atoms with Crippen molar-refractivity contribution < 1.29 is 18.7 Å². The summed E-state index contributed by atoms with van der Waals surface area (Å²) in [6.45, 7) is 0. The van der Waals surface area contributed by atoms with Crippen LogP contribution in [0.3, 0.4) is 0 Å². The van der Waals surface area contributed by atoms with Gasteiger partial charge in [-0.3, -0.25) is 4.79 Å². The van der Waals surface area contributed by atoms with E-state index >= 15 is 0 Å². The molecule has 4 rings (SSSR count). The summed E-state index contributed by atoms with van der Waals surface area (Å²) in [5.41, 5.74) is 0.916. The topological polar surface area (TPSA) is 88.9 Å². The van der Waals surface area contributed by atoms with Gasteiger partial charge in [0.05, 0.1) is 5.56 Å². The number of nitrogens with zero attached hydrogens (tertiary/aromatic N) is 4. The molecule has 0 fully saturated rings. The van der Waals surface area contributed by atoms with Crippen LogP contribution >= 0.6 is 46.4 Å². The lowest BCUT2D eigenvalue weighted by atomic mass is 10.0. The number of carbonyl (C=O) groups is 1. The average Bonchev–Trinajstić information content (AvgIpc) is 2.79. The first kappa shape index (κ1) is 25.9. The summed E-state index contributed by atoms with van der Waals surface area (Å²) in [6, 6.07) is 10.9. The highest BCUT2D eigenvalue weighted by molar-refractivity contribution is 6.35. The number of ketones is 1. The van der Waals surface area contributed by atoms with Crippen LogP contribution in [0.4, 0.5) is 8.78 Å². The Bertz CT molecular complexity index is 1340. The van der Waals surface area contributed by atoms with Crippen molar-refractivity contribution in [3.05, 3.63) is 116 Å². The van der Waals surface area contributed by atoms with E-state index in [1.54, 1.807) is 6.07 Å². The minimum Gasteiger partial charge on any atom is -0.383 e. The molecule has 1 atom stereocenters. The fourth-order valence-corrected chi connectivity index (χ4v) is 3.47. The SMILES string of the molecule is O=C(c1cccc(F)c1)c1cnc(Cl)nc1Cl.OC(c1cccc(F)c1)c1cnc(Cl)nc1Cl. The highest BCUT2D eigenvalue weighted by Crippen LogP contribution is 2.27. The number of rotatable bonds is 4. The maximum absolute atomic E-state index is 13.0. The van der Waals surface area contributed by atoms with Gasteiger partial charge in [0, 0.05) is 23.5 Å². The van der Waals surface area contributed by atoms with Gasteiger partial charge in [0.2, 0.25) is 10.6 Å². The molecule has 34 heavy (non-hydrogen) atoms. The van der Waals surface area contributed by atoms with E-state index < -0.39 is 23.5 Å². The van der Waals surface area contributed by atoms with E-state index in [0.717, 1.165) is 6.07 Å². The van der Waals surface area contributed by atoms with E-state index in [0.29, 0.717) is 5.56 Å². The summed E-state index contributed by atoms with van der Waals surface area (Å²) in [5, 5.41) is 9.94. The normalized spacial score (nSPS) is 11.4. The van der Waals surface area contributed by atoms with E-state index in [1.165, 1.54) is 48.8 Å². The van der Waals surface area contributed by atoms with Crippen LogP contribution in [0, 0.1) is 11.6 Å². The van der Waals surface area contributed by atoms with E-state index in [4.69, 9.17) is 46.4 Å². The molecule has 0 saturated carbocycles. The van der Waals surface area contributed by atoms with Gasteiger partial charge in [-0.15, -0.1) is 0 Å². The van der Waals surface area contributed by atoms with E-state index in [-0.39, 0.29) is 37.6 Å². The van der Waals surface area contributed by atoms with Gasteiger partial charge in [-0.25, -0.2) is 28.7 Å². The van der Waals surface area contributed by atoms with Gasteiger partial charge < -0.3 is 5.11 Å². The second-order valence-electron chi connectivity index (χ2n) is 6.53. The second-order valence-corrected chi connectivity index (χ2v) is 7.92. The zero-order valence-electron chi connectivity index (χ0n) is 16.8. The lowest BCUT2D eigenvalue weighted by molar-refractivity contribution is 0.103. The van der Waals surface area contributed by atoms with Crippen molar-refractivity contribution in [3.63, 3.8) is 0 Å². The summed E-state index contributed by atoms with van der Waals surface area (Å²) in [6.07, 6.45) is 1.44. The van der Waals surface area contributed by atoms with Gasteiger partial charge in [-0.1, -0.05) is 47.5 Å². The summed E-state index contributed by atoms with van der Waals surface area (Å²) in [5.74, 6) is -1.39. The fourth-order valence-electron chi connectivity index (χ4n) is 2.67. The third-order valence-electron chi connectivity index (χ3n) is 4.24. The lowest BCUT2D eigenvalue weighted by Crippen LogP contribution is -2.04. The molecule has 2 aromatic heterocycles. The number of hydrogen-bond acceptors (Lipinski definition) is 6. The molecular formula is C22H12Cl4F2N4O2. The Morgan fingerprint density at radius 1 is 0.824 bits per heavy atom. The molecule has 174 valence electrons. The summed E-state index contributed by atoms with van der Waals surface area (Å²) < 4.78 is 26.0. The first-order chi connectivity index (χ1) is 16.2. The number of hydrogen-bond donors (Lipinski definition) is 1. The molecular weight excluding hydrogens is 532 g/mol. The zero-order valence-corrected chi connectivity index (χ0v) is 19.8. The predicted molar refractivity (Wildman–Crippen MR) is 124 cm³/mol. The maximum Gasteiger partial charge on any atom is 0.223 e. The Kier molecular flexibility index (Phi) is 8.82. The van der Waals surface area contributed by atoms with E-state index in [1.807, 2.05) is 0 Å². The van der Waals surface area contributed by atoms with Gasteiger partial charge >= 0.3 is 0 Å². The number of aromatic nitrogens is 4. The minimum absolute atomic E-state index is 0.00908. The summed E-state index contributed by atoms with van der Waals surface area (Å²) in [7, 11) is 0. The van der Waals surface area contributed by atoms with Crippen molar-refractivity contribution in [2.24, 2.45) is 0 Å². The Hall–Kier alpha value is -2.75. The molecule has 0 aliphatic rings. The molecule has 2 aromatic carbocycles. The first-order valence-electron chi connectivity index (χ1n) is 9.25. The highest BCUT2D eigenvalue weighted by Gasteiger charge is 2.17. The van der Waals surface area contributed by atoms with Gasteiger partial charge in [0.1, 0.15) is 28.0 Å². The fraction of sp³-hybridized carbons (Fsp3) is 0.0455. The Labute approximate surface area is 212 Å². The molecule has 0 amide bonds. The van der Waals surface area contributed by atoms with Crippen LogP contribution in [0.15, 0.2) is 60.9 Å². The van der Waals surface area contributed by atoms with Crippen molar-refractivity contribution >= 4 is 52.2 Å². The van der Waals surface area contributed by atoms with Gasteiger partial charge in [0.25, 0.3) is 0 Å². The molecule has 0 saturated heterocycles. The molecule has 0 aliphatic heterocycles. The smallest absolute Gasteiger partial charge is 0.223 e. The van der Waals surface area contributed by atoms with Crippen LogP contribution in [0.1, 0.15) is 33.2 Å².